The molecule has 1 aromatic rings. The van der Waals surface area contributed by atoms with Crippen LogP contribution in [0.2, 0.25) is 0 Å². The van der Waals surface area contributed by atoms with Gasteiger partial charge in [-0.15, -0.1) is 11.8 Å². The van der Waals surface area contributed by atoms with Gasteiger partial charge in [-0.25, -0.2) is 0 Å². The molecule has 3 heteroatoms. The Hall–Kier alpha value is -0.670. The van der Waals surface area contributed by atoms with Gasteiger partial charge in [-0.05, 0) is 57.3 Å². The minimum absolute atomic E-state index is 0.00226. The maximum absolute atomic E-state index is 6.13. The topological polar surface area (TPSA) is 21.3 Å². The van der Waals surface area contributed by atoms with Gasteiger partial charge in [0.1, 0.15) is 11.4 Å². The minimum Gasteiger partial charge on any atom is -0.487 e. The standard InChI is InChI=1S/C13H19NOS/c1-13(6-8-14-9-7-13)15-11-4-3-5-12(10-11)16-2/h3-5,10,14H,6-9H2,1-2H3. The van der Waals surface area contributed by atoms with Crippen LogP contribution in [0, 0.1) is 0 Å². The Labute approximate surface area is 102 Å². The molecule has 0 atom stereocenters. The molecule has 0 unspecified atom stereocenters. The third kappa shape index (κ3) is 2.92. The van der Waals surface area contributed by atoms with Crippen LogP contribution in [0.15, 0.2) is 29.2 Å². The van der Waals surface area contributed by atoms with Crippen LogP contribution in [0.25, 0.3) is 0 Å². The molecule has 1 heterocycles. The van der Waals surface area contributed by atoms with Crippen molar-refractivity contribution in [1.82, 2.24) is 5.32 Å². The van der Waals surface area contributed by atoms with Crippen LogP contribution in [0.4, 0.5) is 0 Å². The van der Waals surface area contributed by atoms with E-state index in [1.54, 1.807) is 11.8 Å². The average Bonchev–Trinajstić information content (AvgIpc) is 2.29. The Kier molecular flexibility index (Phi) is 3.77. The molecule has 0 amide bonds. The van der Waals surface area contributed by atoms with Crippen molar-refractivity contribution in [3.8, 4) is 5.75 Å². The van der Waals surface area contributed by atoms with Gasteiger partial charge in [0, 0.05) is 4.90 Å². The number of hydrogen-bond donors (Lipinski definition) is 1. The van der Waals surface area contributed by atoms with E-state index in [0.717, 1.165) is 31.7 Å². The average molecular weight is 237 g/mol. The van der Waals surface area contributed by atoms with E-state index in [2.05, 4.69) is 36.7 Å². The number of rotatable bonds is 3. The highest BCUT2D eigenvalue weighted by Gasteiger charge is 2.28. The fourth-order valence-corrected chi connectivity index (χ4v) is 2.46. The van der Waals surface area contributed by atoms with E-state index in [-0.39, 0.29) is 5.60 Å². The lowest BCUT2D eigenvalue weighted by Gasteiger charge is -2.34. The van der Waals surface area contributed by atoms with E-state index in [4.69, 9.17) is 4.74 Å². The summed E-state index contributed by atoms with van der Waals surface area (Å²) in [6.07, 6.45) is 4.25. The zero-order valence-electron chi connectivity index (χ0n) is 9.95. The van der Waals surface area contributed by atoms with Crippen LogP contribution < -0.4 is 10.1 Å². The smallest absolute Gasteiger partial charge is 0.121 e. The Balaban J connectivity index is 2.07. The molecule has 1 saturated heterocycles. The molecule has 0 spiro atoms. The van der Waals surface area contributed by atoms with Gasteiger partial charge in [-0.1, -0.05) is 6.07 Å². The van der Waals surface area contributed by atoms with Gasteiger partial charge < -0.3 is 10.1 Å². The van der Waals surface area contributed by atoms with Crippen molar-refractivity contribution in [2.24, 2.45) is 0 Å². The summed E-state index contributed by atoms with van der Waals surface area (Å²) in [6.45, 7) is 4.32. The van der Waals surface area contributed by atoms with Crippen LogP contribution in [0.1, 0.15) is 19.8 Å². The van der Waals surface area contributed by atoms with Crippen molar-refractivity contribution in [1.29, 1.82) is 0 Å². The van der Waals surface area contributed by atoms with Gasteiger partial charge in [0.2, 0.25) is 0 Å². The van der Waals surface area contributed by atoms with E-state index >= 15 is 0 Å². The predicted molar refractivity (Wildman–Crippen MR) is 69.4 cm³/mol. The molecular formula is C13H19NOS. The Morgan fingerprint density at radius 3 is 2.75 bits per heavy atom. The zero-order valence-corrected chi connectivity index (χ0v) is 10.8. The Bertz CT molecular complexity index is 348. The molecule has 0 aliphatic carbocycles. The molecule has 16 heavy (non-hydrogen) atoms. The maximum atomic E-state index is 6.13. The second-order valence-electron chi connectivity index (χ2n) is 4.48. The molecule has 0 radical (unpaired) electrons. The molecule has 1 aliphatic heterocycles. The number of ether oxygens (including phenoxy) is 1. The molecule has 0 saturated carbocycles. The first-order valence-electron chi connectivity index (χ1n) is 5.76. The van der Waals surface area contributed by atoms with Gasteiger partial charge >= 0.3 is 0 Å². The summed E-state index contributed by atoms with van der Waals surface area (Å²) in [5, 5.41) is 3.36. The second-order valence-corrected chi connectivity index (χ2v) is 5.36. The zero-order chi connectivity index (χ0) is 11.4. The summed E-state index contributed by atoms with van der Waals surface area (Å²) in [5.41, 5.74) is 0.00226. The molecule has 0 bridgehead atoms. The largest absolute Gasteiger partial charge is 0.487 e. The van der Waals surface area contributed by atoms with Crippen molar-refractivity contribution >= 4 is 11.8 Å². The molecule has 1 N–H and O–H groups in total. The number of piperidine rings is 1. The first-order chi connectivity index (χ1) is 7.72. The van der Waals surface area contributed by atoms with E-state index in [9.17, 15) is 0 Å². The molecule has 88 valence electrons. The van der Waals surface area contributed by atoms with Crippen LogP contribution in [-0.2, 0) is 0 Å². The maximum Gasteiger partial charge on any atom is 0.121 e. The Morgan fingerprint density at radius 1 is 1.31 bits per heavy atom. The fraction of sp³-hybridized carbons (Fsp3) is 0.538. The quantitative estimate of drug-likeness (QED) is 0.817. The van der Waals surface area contributed by atoms with Gasteiger partial charge in [0.05, 0.1) is 0 Å². The van der Waals surface area contributed by atoms with E-state index in [1.807, 2.05) is 6.07 Å². The Morgan fingerprint density at radius 2 is 2.06 bits per heavy atom. The van der Waals surface area contributed by atoms with Crippen LogP contribution in [0.5, 0.6) is 5.75 Å². The van der Waals surface area contributed by atoms with Gasteiger partial charge in [-0.3, -0.25) is 0 Å². The van der Waals surface area contributed by atoms with E-state index < -0.39 is 0 Å². The predicted octanol–water partition coefficient (Wildman–Crippen LogP) is 2.93. The van der Waals surface area contributed by atoms with Gasteiger partial charge in [0.25, 0.3) is 0 Å². The van der Waals surface area contributed by atoms with E-state index in [1.165, 1.54) is 4.90 Å². The minimum atomic E-state index is 0.00226. The lowest BCUT2D eigenvalue weighted by Crippen LogP contribution is -2.43. The summed E-state index contributed by atoms with van der Waals surface area (Å²) in [6, 6.07) is 8.35. The van der Waals surface area contributed by atoms with Crippen LogP contribution in [0.3, 0.4) is 0 Å². The highest BCUT2D eigenvalue weighted by atomic mass is 32.2. The van der Waals surface area contributed by atoms with Crippen LogP contribution >= 0.6 is 11.8 Å². The number of benzene rings is 1. The SMILES string of the molecule is CSc1cccc(OC2(C)CCNCC2)c1. The molecular weight excluding hydrogens is 218 g/mol. The molecule has 2 nitrogen and oxygen atoms in total. The third-order valence-electron chi connectivity index (χ3n) is 3.07. The van der Waals surface area contributed by atoms with Crippen molar-refractivity contribution in [3.05, 3.63) is 24.3 Å². The number of nitrogens with one attached hydrogen (secondary N) is 1. The highest BCUT2D eigenvalue weighted by Crippen LogP contribution is 2.28. The van der Waals surface area contributed by atoms with Gasteiger partial charge in [-0.2, -0.15) is 0 Å². The molecule has 2 rings (SSSR count). The number of thioether (sulfide) groups is 1. The highest BCUT2D eigenvalue weighted by molar-refractivity contribution is 7.98. The summed E-state index contributed by atoms with van der Waals surface area (Å²) in [7, 11) is 0. The monoisotopic (exact) mass is 237 g/mol. The fourth-order valence-electron chi connectivity index (χ4n) is 2.01. The summed E-state index contributed by atoms with van der Waals surface area (Å²) >= 11 is 1.75. The molecule has 0 aromatic heterocycles. The lowest BCUT2D eigenvalue weighted by molar-refractivity contribution is 0.0554. The van der Waals surface area contributed by atoms with Crippen molar-refractivity contribution in [2.75, 3.05) is 19.3 Å². The third-order valence-corrected chi connectivity index (χ3v) is 3.79. The van der Waals surface area contributed by atoms with Gasteiger partial charge in [0.15, 0.2) is 0 Å². The first kappa shape index (κ1) is 11.8. The lowest BCUT2D eigenvalue weighted by atomic mass is 9.94. The number of hydrogen-bond acceptors (Lipinski definition) is 3. The second kappa shape index (κ2) is 5.11. The molecule has 1 fully saturated rings. The summed E-state index contributed by atoms with van der Waals surface area (Å²) in [5.74, 6) is 0.997. The van der Waals surface area contributed by atoms with Crippen molar-refractivity contribution in [3.63, 3.8) is 0 Å². The van der Waals surface area contributed by atoms with Crippen molar-refractivity contribution in [2.45, 2.75) is 30.3 Å². The van der Waals surface area contributed by atoms with E-state index in [0.29, 0.717) is 0 Å². The first-order valence-corrected chi connectivity index (χ1v) is 6.98. The normalized spacial score (nSPS) is 19.4. The summed E-state index contributed by atoms with van der Waals surface area (Å²) in [4.78, 5) is 1.26. The molecule has 1 aliphatic rings. The van der Waals surface area contributed by atoms with Crippen molar-refractivity contribution < 1.29 is 4.74 Å². The van der Waals surface area contributed by atoms with Crippen LogP contribution in [-0.4, -0.2) is 24.9 Å². The molecule has 1 aromatic carbocycles. The summed E-state index contributed by atoms with van der Waals surface area (Å²) < 4.78 is 6.13.